The van der Waals surface area contributed by atoms with Crippen LogP contribution in [-0.4, -0.2) is 23.9 Å². The van der Waals surface area contributed by atoms with E-state index in [-0.39, 0.29) is 16.7 Å². The fraction of sp³-hybridized carbons (Fsp3) is 0.241. The van der Waals surface area contributed by atoms with Crippen molar-refractivity contribution in [3.8, 4) is 5.75 Å². The molecule has 0 saturated carbocycles. The minimum Gasteiger partial charge on any atom is -0.507 e. The van der Waals surface area contributed by atoms with Gasteiger partial charge in [-0.2, -0.15) is 0 Å². The summed E-state index contributed by atoms with van der Waals surface area (Å²) in [6, 6.07) is 17.2. The van der Waals surface area contributed by atoms with Crippen molar-refractivity contribution >= 4 is 50.7 Å². The maximum Gasteiger partial charge on any atom is 0.300 e. The third-order valence-electron chi connectivity index (χ3n) is 6.40. The van der Waals surface area contributed by atoms with Crippen LogP contribution >= 0.6 is 27.5 Å². The molecule has 0 bridgehead atoms. The zero-order valence-electron chi connectivity index (χ0n) is 20.7. The maximum atomic E-state index is 13.4. The number of halogens is 2. The highest BCUT2D eigenvalue weighted by molar-refractivity contribution is 9.10. The third kappa shape index (κ3) is 4.67. The fourth-order valence-corrected chi connectivity index (χ4v) is 5.00. The summed E-state index contributed by atoms with van der Waals surface area (Å²) in [4.78, 5) is 28.2. The highest BCUT2D eigenvalue weighted by Gasteiger charge is 2.47. The van der Waals surface area contributed by atoms with Crippen molar-refractivity contribution in [2.24, 2.45) is 0 Å². The number of nitrogens with zero attached hydrogens (tertiary/aromatic N) is 1. The zero-order valence-corrected chi connectivity index (χ0v) is 23.1. The molecule has 1 aliphatic rings. The molecule has 7 heteroatoms. The van der Waals surface area contributed by atoms with Crippen LogP contribution in [0.5, 0.6) is 5.75 Å². The number of anilines is 1. The Bertz CT molecular complexity index is 1390. The second-order valence-electron chi connectivity index (χ2n) is 9.82. The molecule has 1 N–H and O–H groups in total. The van der Waals surface area contributed by atoms with Gasteiger partial charge in [0, 0.05) is 16.3 Å². The maximum absolute atomic E-state index is 13.4. The summed E-state index contributed by atoms with van der Waals surface area (Å²) >= 11 is 9.81. The Kier molecular flexibility index (Phi) is 7.04. The van der Waals surface area contributed by atoms with Gasteiger partial charge in [0.25, 0.3) is 11.7 Å². The number of carbonyl (C=O) groups excluding carboxylic acids is 2. The van der Waals surface area contributed by atoms with E-state index in [1.54, 1.807) is 43.5 Å². The van der Waals surface area contributed by atoms with E-state index in [4.69, 9.17) is 16.3 Å². The van der Waals surface area contributed by atoms with Crippen LogP contribution < -0.4 is 9.64 Å². The SMILES string of the molecule is COc1ccc(/C(O)=C2\C(=O)C(=O)N(c3ccc(C)c(Cl)c3)C2c2ccc(C(C)(C)C)cc2)cc1Br. The van der Waals surface area contributed by atoms with Gasteiger partial charge in [-0.05, 0) is 75.3 Å². The quantitative estimate of drug-likeness (QED) is 0.203. The number of hydrogen-bond acceptors (Lipinski definition) is 4. The number of benzene rings is 3. The first-order chi connectivity index (χ1) is 16.9. The summed E-state index contributed by atoms with van der Waals surface area (Å²) in [5.41, 5.74) is 3.48. The van der Waals surface area contributed by atoms with Crippen LogP contribution in [0.4, 0.5) is 5.69 Å². The number of Topliss-reactive ketones (excluding diaryl/α,β-unsaturated/α-hetero) is 1. The minimum absolute atomic E-state index is 0.0114. The van der Waals surface area contributed by atoms with Gasteiger partial charge in [0.05, 0.1) is 23.2 Å². The number of rotatable bonds is 4. The van der Waals surface area contributed by atoms with Gasteiger partial charge in [-0.1, -0.05) is 62.7 Å². The lowest BCUT2D eigenvalue weighted by Gasteiger charge is -2.27. The Morgan fingerprint density at radius 3 is 2.25 bits per heavy atom. The molecule has 1 heterocycles. The van der Waals surface area contributed by atoms with Gasteiger partial charge >= 0.3 is 0 Å². The molecule has 1 fully saturated rings. The molecular weight excluding hydrogens is 542 g/mol. The summed E-state index contributed by atoms with van der Waals surface area (Å²) in [5.74, 6) is -1.17. The minimum atomic E-state index is -0.835. The largest absolute Gasteiger partial charge is 0.507 e. The molecular formula is C29H27BrClNO4. The molecule has 3 aromatic rings. The lowest BCUT2D eigenvalue weighted by Crippen LogP contribution is -2.29. The van der Waals surface area contributed by atoms with E-state index < -0.39 is 17.7 Å². The highest BCUT2D eigenvalue weighted by atomic mass is 79.9. The zero-order chi connectivity index (χ0) is 26.4. The first-order valence-corrected chi connectivity index (χ1v) is 12.6. The molecule has 3 aromatic carbocycles. The van der Waals surface area contributed by atoms with Crippen LogP contribution in [0, 0.1) is 6.92 Å². The standard InChI is InChI=1S/C29H27BrClNO4/c1-16-6-12-20(15-22(16)31)32-25(17-7-10-19(11-8-17)29(2,3)4)24(27(34)28(32)35)26(33)18-9-13-23(36-5)21(30)14-18/h6-15,25,33H,1-5H3/b26-24+. The topological polar surface area (TPSA) is 66.8 Å². The van der Waals surface area contributed by atoms with Crippen molar-refractivity contribution in [3.63, 3.8) is 0 Å². The molecule has 0 aromatic heterocycles. The predicted molar refractivity (Wildman–Crippen MR) is 147 cm³/mol. The monoisotopic (exact) mass is 567 g/mol. The second kappa shape index (κ2) is 9.75. The molecule has 0 aliphatic carbocycles. The van der Waals surface area contributed by atoms with Crippen LogP contribution in [0.25, 0.3) is 5.76 Å². The highest BCUT2D eigenvalue weighted by Crippen LogP contribution is 2.43. The summed E-state index contributed by atoms with van der Waals surface area (Å²) in [6.07, 6.45) is 0. The fourth-order valence-electron chi connectivity index (χ4n) is 4.28. The van der Waals surface area contributed by atoms with E-state index >= 15 is 0 Å². The Morgan fingerprint density at radius 2 is 1.69 bits per heavy atom. The summed E-state index contributed by atoms with van der Waals surface area (Å²) in [7, 11) is 1.54. The van der Waals surface area contributed by atoms with Gasteiger partial charge in [-0.3, -0.25) is 14.5 Å². The van der Waals surface area contributed by atoms with Gasteiger partial charge in [0.2, 0.25) is 0 Å². The van der Waals surface area contributed by atoms with Crippen molar-refractivity contribution in [1.82, 2.24) is 0 Å². The summed E-state index contributed by atoms with van der Waals surface area (Å²) in [5, 5.41) is 11.8. The van der Waals surface area contributed by atoms with Gasteiger partial charge in [0.15, 0.2) is 0 Å². The third-order valence-corrected chi connectivity index (χ3v) is 7.42. The van der Waals surface area contributed by atoms with E-state index in [1.807, 2.05) is 31.2 Å². The molecule has 186 valence electrons. The van der Waals surface area contributed by atoms with Gasteiger partial charge < -0.3 is 9.84 Å². The molecule has 0 radical (unpaired) electrons. The Hall–Kier alpha value is -3.09. The number of aliphatic hydroxyl groups is 1. The Morgan fingerprint density at radius 1 is 1.03 bits per heavy atom. The smallest absolute Gasteiger partial charge is 0.300 e. The first-order valence-electron chi connectivity index (χ1n) is 11.5. The normalized spacial score (nSPS) is 17.5. The Balaban J connectivity index is 1.94. The van der Waals surface area contributed by atoms with Gasteiger partial charge in [-0.15, -0.1) is 0 Å². The van der Waals surface area contributed by atoms with Crippen LogP contribution in [0.1, 0.15) is 49.1 Å². The molecule has 36 heavy (non-hydrogen) atoms. The summed E-state index contributed by atoms with van der Waals surface area (Å²) < 4.78 is 5.89. The van der Waals surface area contributed by atoms with E-state index in [1.165, 1.54) is 4.90 Å². The number of aryl methyl sites for hydroxylation is 1. The van der Waals surface area contributed by atoms with Crippen molar-refractivity contribution in [3.05, 3.63) is 98.0 Å². The number of methoxy groups -OCH3 is 1. The van der Waals surface area contributed by atoms with E-state index in [0.29, 0.717) is 32.1 Å². The molecule has 1 aliphatic heterocycles. The molecule has 1 unspecified atom stereocenters. The number of ether oxygens (including phenoxy) is 1. The number of carbonyl (C=O) groups is 2. The first kappa shape index (κ1) is 26.0. The van der Waals surface area contributed by atoms with Crippen molar-refractivity contribution in [1.29, 1.82) is 0 Å². The van der Waals surface area contributed by atoms with Crippen LogP contribution in [0.15, 0.2) is 70.7 Å². The number of amides is 1. The van der Waals surface area contributed by atoms with E-state index in [9.17, 15) is 14.7 Å². The molecule has 1 amide bonds. The number of hydrogen-bond donors (Lipinski definition) is 1. The molecule has 0 spiro atoms. The van der Waals surface area contributed by atoms with E-state index in [2.05, 4.69) is 36.7 Å². The average molecular weight is 569 g/mol. The van der Waals surface area contributed by atoms with Crippen molar-refractivity contribution < 1.29 is 19.4 Å². The van der Waals surface area contributed by atoms with Crippen LogP contribution in [-0.2, 0) is 15.0 Å². The van der Waals surface area contributed by atoms with Crippen molar-refractivity contribution in [2.75, 3.05) is 12.0 Å². The second-order valence-corrected chi connectivity index (χ2v) is 11.1. The van der Waals surface area contributed by atoms with Gasteiger partial charge in [0.1, 0.15) is 11.5 Å². The molecule has 1 atom stereocenters. The number of aliphatic hydroxyl groups excluding tert-OH is 1. The van der Waals surface area contributed by atoms with Crippen LogP contribution in [0.3, 0.4) is 0 Å². The van der Waals surface area contributed by atoms with Crippen molar-refractivity contribution in [2.45, 2.75) is 39.2 Å². The lowest BCUT2D eigenvalue weighted by molar-refractivity contribution is -0.132. The average Bonchev–Trinajstić information content (AvgIpc) is 3.10. The summed E-state index contributed by atoms with van der Waals surface area (Å²) in [6.45, 7) is 8.21. The molecule has 5 nitrogen and oxygen atoms in total. The lowest BCUT2D eigenvalue weighted by atomic mass is 9.85. The van der Waals surface area contributed by atoms with Crippen LogP contribution in [0.2, 0.25) is 5.02 Å². The number of ketones is 1. The predicted octanol–water partition coefficient (Wildman–Crippen LogP) is 7.34. The van der Waals surface area contributed by atoms with E-state index in [0.717, 1.165) is 11.1 Å². The van der Waals surface area contributed by atoms with Gasteiger partial charge in [-0.25, -0.2) is 0 Å². The Labute approximate surface area is 224 Å². The molecule has 4 rings (SSSR count). The molecule has 1 saturated heterocycles.